The number of phenols is 4. The molecule has 15 heteroatoms. The normalized spacial score (nSPS) is 24.2. The van der Waals surface area contributed by atoms with Crippen LogP contribution in [0.3, 0.4) is 0 Å². The minimum absolute atomic E-state index is 0.0320. The molecule has 45 heavy (non-hydrogen) atoms. The van der Waals surface area contributed by atoms with Gasteiger partial charge in [-0.25, -0.2) is 4.79 Å². The molecule has 240 valence electrons. The molecule has 0 amide bonds. The highest BCUT2D eigenvalue weighted by molar-refractivity contribution is 6.03. The van der Waals surface area contributed by atoms with Gasteiger partial charge in [0.2, 0.25) is 12.0 Å². The number of carbonyl (C=O) groups is 2. The number of aliphatic hydroxyl groups excluding tert-OH is 3. The Hall–Kier alpha value is -4.96. The van der Waals surface area contributed by atoms with Crippen LogP contribution in [0.2, 0.25) is 0 Å². The second-order valence-corrected chi connectivity index (χ2v) is 10.2. The van der Waals surface area contributed by atoms with Crippen LogP contribution in [-0.2, 0) is 9.47 Å². The number of benzene rings is 3. The summed E-state index contributed by atoms with van der Waals surface area (Å²) >= 11 is 0. The van der Waals surface area contributed by atoms with Gasteiger partial charge in [-0.05, 0) is 36.4 Å². The number of Topliss-reactive ketones (excluding diaryl/α,β-unsaturated/α-hetero) is 1. The third-order valence-corrected chi connectivity index (χ3v) is 7.39. The average molecular weight is 631 g/mol. The van der Waals surface area contributed by atoms with E-state index in [0.717, 1.165) is 6.07 Å². The monoisotopic (exact) mass is 630 g/mol. The first-order chi connectivity index (χ1) is 21.5. The van der Waals surface area contributed by atoms with Gasteiger partial charge in [0.15, 0.2) is 34.9 Å². The van der Waals surface area contributed by atoms with Crippen LogP contribution < -0.4 is 18.9 Å². The van der Waals surface area contributed by atoms with Gasteiger partial charge in [-0.3, -0.25) is 4.79 Å². The van der Waals surface area contributed by atoms with Gasteiger partial charge in [-0.2, -0.15) is 0 Å². The Morgan fingerprint density at radius 1 is 0.933 bits per heavy atom. The number of hydrogen-bond donors (Lipinski definition) is 7. The first-order valence-electron chi connectivity index (χ1n) is 13.5. The lowest BCUT2D eigenvalue weighted by molar-refractivity contribution is -0.276. The highest BCUT2D eigenvalue weighted by Crippen LogP contribution is 2.49. The SMILES string of the molecule is COc1cc(C(=O)OC2C(Oc3ccc(O)cc3C3CC(=O)c4c(cc(O)c(OC)c4O)O3)OC(CO)C(O)C2O)ccc1O. The van der Waals surface area contributed by atoms with E-state index in [1.165, 1.54) is 50.6 Å². The molecular formula is C30H30O15. The van der Waals surface area contributed by atoms with Gasteiger partial charge >= 0.3 is 5.97 Å². The molecule has 6 atom stereocenters. The van der Waals surface area contributed by atoms with Crippen LogP contribution in [0.1, 0.15) is 38.8 Å². The second-order valence-electron chi connectivity index (χ2n) is 10.2. The van der Waals surface area contributed by atoms with Gasteiger partial charge in [0.05, 0.1) is 32.8 Å². The van der Waals surface area contributed by atoms with Gasteiger partial charge < -0.3 is 64.2 Å². The molecule has 3 aromatic carbocycles. The van der Waals surface area contributed by atoms with Crippen LogP contribution in [0.4, 0.5) is 0 Å². The second kappa shape index (κ2) is 12.6. The fourth-order valence-electron chi connectivity index (χ4n) is 5.11. The van der Waals surface area contributed by atoms with E-state index in [-0.39, 0.29) is 57.6 Å². The van der Waals surface area contributed by atoms with Crippen molar-refractivity contribution in [1.29, 1.82) is 0 Å². The van der Waals surface area contributed by atoms with Crippen LogP contribution in [0.15, 0.2) is 42.5 Å². The lowest BCUT2D eigenvalue weighted by atomic mass is 9.94. The fraction of sp³-hybridized carbons (Fsp3) is 0.333. The topological polar surface area (TPSA) is 231 Å². The van der Waals surface area contributed by atoms with E-state index in [4.69, 9.17) is 28.4 Å². The number of hydrogen-bond acceptors (Lipinski definition) is 15. The number of carbonyl (C=O) groups excluding carboxylic acids is 2. The van der Waals surface area contributed by atoms with Crippen molar-refractivity contribution in [1.82, 2.24) is 0 Å². The van der Waals surface area contributed by atoms with Crippen LogP contribution in [0.25, 0.3) is 0 Å². The van der Waals surface area contributed by atoms with Gasteiger partial charge in [-0.15, -0.1) is 0 Å². The molecule has 2 aliphatic heterocycles. The van der Waals surface area contributed by atoms with Crippen molar-refractivity contribution >= 4 is 11.8 Å². The zero-order chi connectivity index (χ0) is 32.6. The zero-order valence-electron chi connectivity index (χ0n) is 23.8. The fourth-order valence-corrected chi connectivity index (χ4v) is 5.11. The summed E-state index contributed by atoms with van der Waals surface area (Å²) in [5.41, 5.74) is -0.225. The Morgan fingerprint density at radius 3 is 2.38 bits per heavy atom. The molecule has 0 bridgehead atoms. The minimum Gasteiger partial charge on any atom is -0.508 e. The summed E-state index contributed by atoms with van der Waals surface area (Å²) in [6.45, 7) is -0.746. The van der Waals surface area contributed by atoms with E-state index in [0.29, 0.717) is 0 Å². The number of aromatic hydroxyl groups is 4. The molecule has 0 spiro atoms. The van der Waals surface area contributed by atoms with Crippen molar-refractivity contribution in [2.75, 3.05) is 20.8 Å². The predicted molar refractivity (Wildman–Crippen MR) is 149 cm³/mol. The average Bonchev–Trinajstić information content (AvgIpc) is 3.01. The smallest absolute Gasteiger partial charge is 0.338 e. The van der Waals surface area contributed by atoms with E-state index in [2.05, 4.69) is 0 Å². The summed E-state index contributed by atoms with van der Waals surface area (Å²) in [6.07, 6.45) is -9.73. The number of esters is 1. The molecule has 0 aliphatic carbocycles. The summed E-state index contributed by atoms with van der Waals surface area (Å²) in [5, 5.41) is 72.0. The zero-order valence-corrected chi connectivity index (χ0v) is 23.8. The molecule has 7 N–H and O–H groups in total. The van der Waals surface area contributed by atoms with Gasteiger partial charge in [0.1, 0.15) is 47.2 Å². The number of rotatable bonds is 8. The molecule has 5 rings (SSSR count). The van der Waals surface area contributed by atoms with E-state index in [1.54, 1.807) is 0 Å². The van der Waals surface area contributed by atoms with Crippen molar-refractivity contribution in [3.05, 3.63) is 59.2 Å². The highest BCUT2D eigenvalue weighted by Gasteiger charge is 2.48. The molecule has 3 aromatic rings. The molecule has 0 aromatic heterocycles. The number of ketones is 1. The lowest BCUT2D eigenvalue weighted by Crippen LogP contribution is -2.61. The molecule has 1 saturated heterocycles. The Labute approximate surface area is 254 Å². The molecule has 2 heterocycles. The maximum atomic E-state index is 13.1. The third kappa shape index (κ3) is 5.93. The summed E-state index contributed by atoms with van der Waals surface area (Å²) in [7, 11) is 2.48. The summed E-state index contributed by atoms with van der Waals surface area (Å²) in [5.74, 6) is -3.80. The summed E-state index contributed by atoms with van der Waals surface area (Å²) in [6, 6.07) is 8.45. The highest BCUT2D eigenvalue weighted by atomic mass is 16.7. The van der Waals surface area contributed by atoms with Crippen molar-refractivity contribution < 1.29 is 73.8 Å². The van der Waals surface area contributed by atoms with E-state index in [1.807, 2.05) is 0 Å². The van der Waals surface area contributed by atoms with E-state index < -0.39 is 66.7 Å². The Morgan fingerprint density at radius 2 is 1.69 bits per heavy atom. The summed E-state index contributed by atoms with van der Waals surface area (Å²) < 4.78 is 33.0. The first-order valence-corrected chi connectivity index (χ1v) is 13.5. The molecule has 15 nitrogen and oxygen atoms in total. The van der Waals surface area contributed by atoms with Gasteiger partial charge in [-0.1, -0.05) is 0 Å². The number of phenolic OH excluding ortho intramolecular Hbond substituents is 4. The lowest BCUT2D eigenvalue weighted by Gasteiger charge is -2.41. The molecule has 0 saturated carbocycles. The first kappa shape index (κ1) is 31.5. The van der Waals surface area contributed by atoms with Crippen LogP contribution in [0, 0.1) is 0 Å². The predicted octanol–water partition coefficient (Wildman–Crippen LogP) is 1.28. The number of ether oxygens (including phenoxy) is 6. The van der Waals surface area contributed by atoms with Crippen LogP contribution >= 0.6 is 0 Å². The Balaban J connectivity index is 1.47. The number of fused-ring (bicyclic) bond motifs is 1. The van der Waals surface area contributed by atoms with Gasteiger partial charge in [0, 0.05) is 11.6 Å². The van der Waals surface area contributed by atoms with Gasteiger partial charge in [0.25, 0.3) is 0 Å². The third-order valence-electron chi connectivity index (χ3n) is 7.39. The maximum absolute atomic E-state index is 13.1. The molecule has 2 aliphatic rings. The van der Waals surface area contributed by atoms with Crippen LogP contribution in [-0.4, -0.2) is 99.0 Å². The van der Waals surface area contributed by atoms with Crippen molar-refractivity contribution in [2.45, 2.75) is 43.2 Å². The minimum atomic E-state index is -1.82. The standard InChI is InChI=1S/C30H30O15/c1-40-20-7-12(3-5-15(20)33)29(39)45-28-26(38)24(36)22(11-31)44-30(28)43-18-6-4-13(32)8-14(18)19-9-16(34)23-21(42-19)10-17(35)27(41-2)25(23)37/h3-8,10,19,22,24,26,28,30-33,35-38H,9,11H2,1-2H3. The van der Waals surface area contributed by atoms with Crippen LogP contribution in [0.5, 0.6) is 46.0 Å². The maximum Gasteiger partial charge on any atom is 0.338 e. The largest absolute Gasteiger partial charge is 0.508 e. The number of methoxy groups -OCH3 is 2. The molecule has 1 fully saturated rings. The van der Waals surface area contributed by atoms with Crippen molar-refractivity contribution in [3.63, 3.8) is 0 Å². The Bertz CT molecular complexity index is 1600. The summed E-state index contributed by atoms with van der Waals surface area (Å²) in [4.78, 5) is 26.2. The number of aliphatic hydroxyl groups is 3. The van der Waals surface area contributed by atoms with E-state index >= 15 is 0 Å². The van der Waals surface area contributed by atoms with Crippen molar-refractivity contribution in [2.24, 2.45) is 0 Å². The quantitative estimate of drug-likeness (QED) is 0.174. The Kier molecular flexibility index (Phi) is 8.79. The molecule has 0 radical (unpaired) electrons. The molecule has 6 unspecified atom stereocenters. The van der Waals surface area contributed by atoms with E-state index in [9.17, 15) is 45.3 Å². The van der Waals surface area contributed by atoms with Crippen molar-refractivity contribution in [3.8, 4) is 46.0 Å². The molecular weight excluding hydrogens is 600 g/mol.